The van der Waals surface area contributed by atoms with Crippen molar-refractivity contribution in [2.75, 3.05) is 0 Å². The predicted molar refractivity (Wildman–Crippen MR) is 114 cm³/mol. The molecule has 1 aliphatic heterocycles. The van der Waals surface area contributed by atoms with Crippen LogP contribution in [0.5, 0.6) is 0 Å². The number of ether oxygens (including phenoxy) is 2. The topological polar surface area (TPSA) is 52.6 Å². The Balaban J connectivity index is 3.32. The molecule has 1 fully saturated rings. The Hall–Kier alpha value is -2.04. The molecule has 1 heterocycles. The van der Waals surface area contributed by atoms with Crippen LogP contribution in [0.3, 0.4) is 0 Å². The number of cyclic esters (lactones) is 2. The van der Waals surface area contributed by atoms with Crippen molar-refractivity contribution in [3.05, 3.63) is 70.8 Å². The van der Waals surface area contributed by atoms with Crippen molar-refractivity contribution in [2.24, 2.45) is 5.41 Å². The summed E-state index contributed by atoms with van der Waals surface area (Å²) in [6.45, 7) is 13.8. The van der Waals surface area contributed by atoms with Crippen molar-refractivity contribution >= 4 is 35.1 Å². The molecule has 1 aliphatic rings. The van der Waals surface area contributed by atoms with E-state index in [9.17, 15) is 9.59 Å². The fourth-order valence-corrected chi connectivity index (χ4v) is 2.87. The Labute approximate surface area is 176 Å². The third-order valence-electron chi connectivity index (χ3n) is 4.06. The summed E-state index contributed by atoms with van der Waals surface area (Å²) in [7, 11) is 0. The van der Waals surface area contributed by atoms with E-state index < -0.39 is 23.1 Å². The molecule has 152 valence electrons. The summed E-state index contributed by atoms with van der Waals surface area (Å²) in [4.78, 5) is 25.8. The molecule has 28 heavy (non-hydrogen) atoms. The molecule has 0 atom stereocenters. The van der Waals surface area contributed by atoms with Gasteiger partial charge >= 0.3 is 11.9 Å². The first-order chi connectivity index (χ1) is 13.0. The van der Waals surface area contributed by atoms with Crippen molar-refractivity contribution in [2.45, 2.75) is 46.3 Å². The van der Waals surface area contributed by atoms with Crippen LogP contribution in [0.15, 0.2) is 70.8 Å². The van der Waals surface area contributed by atoms with Crippen LogP contribution in [0, 0.1) is 5.41 Å². The molecule has 6 heteroatoms. The second-order valence-electron chi connectivity index (χ2n) is 7.15. The molecule has 4 nitrogen and oxygen atoms in total. The van der Waals surface area contributed by atoms with Crippen LogP contribution in [0.4, 0.5) is 0 Å². The quantitative estimate of drug-likeness (QED) is 0.268. The molecule has 0 saturated carbocycles. The highest BCUT2D eigenvalue weighted by atomic mass is 35.5. The molecular weight excluding hydrogens is 399 g/mol. The van der Waals surface area contributed by atoms with Crippen LogP contribution in [0.25, 0.3) is 0 Å². The van der Waals surface area contributed by atoms with Gasteiger partial charge in [0.05, 0.1) is 0 Å². The molecule has 0 aromatic rings. The van der Waals surface area contributed by atoms with Gasteiger partial charge in [0.25, 0.3) is 5.79 Å². The van der Waals surface area contributed by atoms with Crippen molar-refractivity contribution in [3.63, 3.8) is 0 Å². The lowest BCUT2D eigenvalue weighted by Crippen LogP contribution is -2.54. The van der Waals surface area contributed by atoms with E-state index in [1.54, 1.807) is 38.2 Å². The molecule has 0 aromatic carbocycles. The molecule has 0 N–H and O–H groups in total. The lowest BCUT2D eigenvalue weighted by Gasteiger charge is -2.40. The third-order valence-corrected chi connectivity index (χ3v) is 4.62. The minimum absolute atomic E-state index is 0.128. The Morgan fingerprint density at radius 1 is 0.857 bits per heavy atom. The fourth-order valence-electron chi connectivity index (χ4n) is 2.75. The molecule has 1 saturated heterocycles. The van der Waals surface area contributed by atoms with Gasteiger partial charge in [-0.2, -0.15) is 0 Å². The lowest BCUT2D eigenvalue weighted by atomic mass is 9.75. The number of hydrogen-bond acceptors (Lipinski definition) is 4. The minimum atomic E-state index is -1.49. The van der Waals surface area contributed by atoms with Gasteiger partial charge in [0.1, 0.15) is 0 Å². The maximum atomic E-state index is 12.9. The summed E-state index contributed by atoms with van der Waals surface area (Å²) >= 11 is 11.9. The largest absolute Gasteiger partial charge is 0.422 e. The first-order valence-electron chi connectivity index (χ1n) is 8.73. The van der Waals surface area contributed by atoms with Gasteiger partial charge < -0.3 is 9.47 Å². The SMILES string of the molecule is C=C/C(Cl)=C/C=C(\C)CC1(C/C(C)=C/C=C(\Cl)C=C)C(=O)OC(C)(C)OC1=O. The molecule has 0 aromatic heterocycles. The van der Waals surface area contributed by atoms with Gasteiger partial charge in [-0.15, -0.1) is 0 Å². The van der Waals surface area contributed by atoms with Gasteiger partial charge in [0.15, 0.2) is 5.41 Å². The first kappa shape index (κ1) is 24.0. The maximum absolute atomic E-state index is 12.9. The monoisotopic (exact) mass is 424 g/mol. The average Bonchev–Trinajstić information content (AvgIpc) is 2.61. The zero-order valence-corrected chi connectivity index (χ0v) is 18.2. The highest BCUT2D eigenvalue weighted by molar-refractivity contribution is 6.31. The molecule has 0 unspecified atom stereocenters. The van der Waals surface area contributed by atoms with E-state index in [0.29, 0.717) is 10.1 Å². The van der Waals surface area contributed by atoms with E-state index in [1.165, 1.54) is 26.0 Å². The summed E-state index contributed by atoms with van der Waals surface area (Å²) in [6.07, 6.45) is 10.0. The maximum Gasteiger partial charge on any atom is 0.327 e. The summed E-state index contributed by atoms with van der Waals surface area (Å²) in [5.74, 6) is -2.54. The summed E-state index contributed by atoms with van der Waals surface area (Å²) < 4.78 is 10.8. The van der Waals surface area contributed by atoms with E-state index >= 15 is 0 Å². The standard InChI is InChI=1S/C22H26Cl2O4/c1-7-17(23)11-9-15(3)13-22(14-16(4)10-12-18(24)8-2)19(25)27-21(5,6)28-20(22)26/h7-12H,1-2,13-14H2,3-6H3/b15-9+,16-10+,17-11-,18-12-. The van der Waals surface area contributed by atoms with Crippen LogP contribution >= 0.6 is 23.2 Å². The van der Waals surface area contributed by atoms with E-state index in [2.05, 4.69) is 13.2 Å². The van der Waals surface area contributed by atoms with Crippen molar-refractivity contribution in [3.8, 4) is 0 Å². The van der Waals surface area contributed by atoms with Gasteiger partial charge in [-0.3, -0.25) is 9.59 Å². The first-order valence-corrected chi connectivity index (χ1v) is 9.49. The molecule has 0 spiro atoms. The highest BCUT2D eigenvalue weighted by Gasteiger charge is 2.56. The number of hydrogen-bond donors (Lipinski definition) is 0. The summed E-state index contributed by atoms with van der Waals surface area (Å²) in [6, 6.07) is 0. The van der Waals surface area contributed by atoms with E-state index in [0.717, 1.165) is 11.1 Å². The summed E-state index contributed by atoms with van der Waals surface area (Å²) in [5.41, 5.74) is 0.0433. The van der Waals surface area contributed by atoms with Crippen LogP contribution in [-0.4, -0.2) is 17.7 Å². The number of rotatable bonds is 8. The molecule has 0 aliphatic carbocycles. The van der Waals surface area contributed by atoms with Crippen LogP contribution < -0.4 is 0 Å². The number of esters is 2. The van der Waals surface area contributed by atoms with Crippen LogP contribution in [0.2, 0.25) is 0 Å². The number of carbonyl (C=O) groups excluding carboxylic acids is 2. The third kappa shape index (κ3) is 6.54. The van der Waals surface area contributed by atoms with Crippen molar-refractivity contribution in [1.29, 1.82) is 0 Å². The second-order valence-corrected chi connectivity index (χ2v) is 8.02. The summed E-state index contributed by atoms with van der Waals surface area (Å²) in [5, 5.41) is 0.896. The molecular formula is C22H26Cl2O4. The van der Waals surface area contributed by atoms with Gasteiger partial charge in [-0.1, -0.05) is 71.8 Å². The number of allylic oxidation sites excluding steroid dienone is 10. The molecule has 0 radical (unpaired) electrons. The number of carbonyl (C=O) groups is 2. The van der Waals surface area contributed by atoms with E-state index in [4.69, 9.17) is 32.7 Å². The Kier molecular flexibility index (Phi) is 8.52. The highest BCUT2D eigenvalue weighted by Crippen LogP contribution is 2.42. The van der Waals surface area contributed by atoms with E-state index in [-0.39, 0.29) is 12.8 Å². The van der Waals surface area contributed by atoms with Gasteiger partial charge in [-0.25, -0.2) is 0 Å². The van der Waals surface area contributed by atoms with Crippen molar-refractivity contribution in [1.82, 2.24) is 0 Å². The Morgan fingerprint density at radius 3 is 1.54 bits per heavy atom. The van der Waals surface area contributed by atoms with Gasteiger partial charge in [0.2, 0.25) is 0 Å². The average molecular weight is 425 g/mol. The van der Waals surface area contributed by atoms with Gasteiger partial charge in [0, 0.05) is 23.9 Å². The fraction of sp³-hybridized carbons (Fsp3) is 0.364. The lowest BCUT2D eigenvalue weighted by molar-refractivity contribution is -0.251. The zero-order chi connectivity index (χ0) is 21.5. The normalized spacial score (nSPS) is 20.4. The Bertz CT molecular complexity index is 718. The Morgan fingerprint density at radius 2 is 1.21 bits per heavy atom. The number of halogens is 2. The van der Waals surface area contributed by atoms with Crippen LogP contribution in [0.1, 0.15) is 40.5 Å². The smallest absolute Gasteiger partial charge is 0.327 e. The van der Waals surface area contributed by atoms with Gasteiger partial charge in [-0.05, 0) is 38.8 Å². The van der Waals surface area contributed by atoms with Crippen molar-refractivity contribution < 1.29 is 19.1 Å². The zero-order valence-electron chi connectivity index (χ0n) is 16.7. The molecule has 0 amide bonds. The minimum Gasteiger partial charge on any atom is -0.422 e. The predicted octanol–water partition coefficient (Wildman–Crippen LogP) is 6.10. The molecule has 0 bridgehead atoms. The molecule has 1 rings (SSSR count). The van der Waals surface area contributed by atoms with E-state index in [1.807, 2.05) is 0 Å². The second kappa shape index (κ2) is 9.94. The van der Waals surface area contributed by atoms with Crippen LogP contribution in [-0.2, 0) is 19.1 Å².